The molecule has 0 unspecified atom stereocenters. The van der Waals surface area contributed by atoms with Gasteiger partial charge in [-0.2, -0.15) is 0 Å². The van der Waals surface area contributed by atoms with Crippen molar-refractivity contribution in [3.63, 3.8) is 0 Å². The van der Waals surface area contributed by atoms with Crippen LogP contribution in [0.1, 0.15) is 5.56 Å². The van der Waals surface area contributed by atoms with Crippen LogP contribution in [0.25, 0.3) is 0 Å². The minimum absolute atomic E-state index is 0.00559. The second-order valence-corrected chi connectivity index (χ2v) is 4.73. The molecule has 5 heteroatoms. The molecule has 0 aliphatic heterocycles. The van der Waals surface area contributed by atoms with E-state index >= 15 is 0 Å². The van der Waals surface area contributed by atoms with Gasteiger partial charge >= 0.3 is 4.87 Å². The molecule has 0 saturated heterocycles. The maximum absolute atomic E-state index is 11.3. The quantitative estimate of drug-likeness (QED) is 0.812. The van der Waals surface area contributed by atoms with Crippen LogP contribution < -0.4 is 4.87 Å². The smallest absolute Gasteiger partial charge is 0.301 e. The van der Waals surface area contributed by atoms with Crippen molar-refractivity contribution in [1.29, 1.82) is 0 Å². The fourth-order valence-electron chi connectivity index (χ4n) is 1.26. The number of aromatic nitrogens is 1. The Morgan fingerprint density at radius 2 is 2.13 bits per heavy atom. The van der Waals surface area contributed by atoms with Crippen molar-refractivity contribution in [2.24, 2.45) is 0 Å². The summed E-state index contributed by atoms with van der Waals surface area (Å²) >= 11 is 13.0. The molecule has 0 amide bonds. The first-order valence-electron chi connectivity index (χ1n) is 4.24. The predicted octanol–water partition coefficient (Wildman–Crippen LogP) is 3.26. The molecule has 2 aromatic rings. The van der Waals surface area contributed by atoms with Crippen molar-refractivity contribution in [2.45, 2.75) is 6.54 Å². The Labute approximate surface area is 101 Å². The van der Waals surface area contributed by atoms with Crippen molar-refractivity contribution in [3.05, 3.63) is 55.1 Å². The first kappa shape index (κ1) is 10.7. The van der Waals surface area contributed by atoms with Gasteiger partial charge < -0.3 is 4.57 Å². The van der Waals surface area contributed by atoms with E-state index in [-0.39, 0.29) is 4.87 Å². The molecule has 78 valence electrons. The van der Waals surface area contributed by atoms with E-state index in [0.29, 0.717) is 16.6 Å². The number of benzene rings is 1. The first-order chi connectivity index (χ1) is 7.16. The number of halogens is 2. The van der Waals surface area contributed by atoms with E-state index in [4.69, 9.17) is 23.2 Å². The predicted molar refractivity (Wildman–Crippen MR) is 64.1 cm³/mol. The van der Waals surface area contributed by atoms with E-state index < -0.39 is 0 Å². The molecule has 0 fully saturated rings. The summed E-state index contributed by atoms with van der Waals surface area (Å²) in [4.78, 5) is 11.3. The minimum atomic E-state index is 0.00559. The molecule has 1 heterocycles. The van der Waals surface area contributed by atoms with Crippen LogP contribution in [-0.2, 0) is 6.54 Å². The van der Waals surface area contributed by atoms with Crippen molar-refractivity contribution in [1.82, 2.24) is 4.57 Å². The van der Waals surface area contributed by atoms with Crippen LogP contribution in [0, 0.1) is 0 Å². The third-order valence-electron chi connectivity index (χ3n) is 1.99. The van der Waals surface area contributed by atoms with E-state index in [2.05, 4.69) is 0 Å². The summed E-state index contributed by atoms with van der Waals surface area (Å²) in [6, 6.07) is 5.23. The molecule has 0 spiro atoms. The standard InChI is InChI=1S/C10H7Cl2NOS/c11-8-1-2-9(12)7(5-8)6-13-3-4-15-10(13)14/h1-5H,6H2. The molecule has 0 bridgehead atoms. The maximum Gasteiger partial charge on any atom is 0.307 e. The van der Waals surface area contributed by atoms with E-state index in [1.165, 1.54) is 11.3 Å². The lowest BCUT2D eigenvalue weighted by Gasteiger charge is -2.04. The Morgan fingerprint density at radius 1 is 1.33 bits per heavy atom. The summed E-state index contributed by atoms with van der Waals surface area (Å²) in [6.45, 7) is 0.460. The zero-order chi connectivity index (χ0) is 10.8. The molecule has 1 aromatic heterocycles. The second-order valence-electron chi connectivity index (χ2n) is 3.03. The highest BCUT2D eigenvalue weighted by molar-refractivity contribution is 7.07. The average Bonchev–Trinajstić information content (AvgIpc) is 2.58. The Bertz CT molecular complexity index is 532. The Morgan fingerprint density at radius 3 is 2.80 bits per heavy atom. The van der Waals surface area contributed by atoms with E-state index in [9.17, 15) is 4.79 Å². The van der Waals surface area contributed by atoms with E-state index in [0.717, 1.165) is 5.56 Å². The van der Waals surface area contributed by atoms with Gasteiger partial charge in [-0.05, 0) is 23.8 Å². The lowest BCUT2D eigenvalue weighted by molar-refractivity contribution is 0.784. The summed E-state index contributed by atoms with van der Waals surface area (Å²) in [5, 5.41) is 3.00. The van der Waals surface area contributed by atoms with Gasteiger partial charge in [0.15, 0.2) is 0 Å². The van der Waals surface area contributed by atoms with Gasteiger partial charge in [-0.1, -0.05) is 34.5 Å². The van der Waals surface area contributed by atoms with Crippen molar-refractivity contribution >= 4 is 34.5 Å². The molecule has 0 radical (unpaired) electrons. The molecule has 0 aliphatic carbocycles. The van der Waals surface area contributed by atoms with Crippen molar-refractivity contribution in [2.75, 3.05) is 0 Å². The molecular weight excluding hydrogens is 253 g/mol. The molecule has 0 saturated carbocycles. The fourth-order valence-corrected chi connectivity index (χ4v) is 2.21. The van der Waals surface area contributed by atoms with Crippen LogP contribution in [0.3, 0.4) is 0 Å². The zero-order valence-corrected chi connectivity index (χ0v) is 9.94. The van der Waals surface area contributed by atoms with Crippen LogP contribution >= 0.6 is 34.5 Å². The topological polar surface area (TPSA) is 22.0 Å². The zero-order valence-electron chi connectivity index (χ0n) is 7.61. The van der Waals surface area contributed by atoms with Gasteiger partial charge in [0.1, 0.15) is 0 Å². The number of hydrogen-bond donors (Lipinski definition) is 0. The van der Waals surface area contributed by atoms with Crippen LogP contribution in [0.2, 0.25) is 10.0 Å². The van der Waals surface area contributed by atoms with Crippen molar-refractivity contribution in [3.8, 4) is 0 Å². The minimum Gasteiger partial charge on any atom is -0.301 e. The SMILES string of the molecule is O=c1sccn1Cc1cc(Cl)ccc1Cl. The molecule has 2 rings (SSSR count). The van der Waals surface area contributed by atoms with E-state index in [1.54, 1.807) is 34.3 Å². The normalized spacial score (nSPS) is 10.5. The second kappa shape index (κ2) is 4.39. The highest BCUT2D eigenvalue weighted by Crippen LogP contribution is 2.21. The van der Waals surface area contributed by atoms with Crippen LogP contribution in [-0.4, -0.2) is 4.57 Å². The monoisotopic (exact) mass is 259 g/mol. The van der Waals surface area contributed by atoms with Gasteiger partial charge in [0.2, 0.25) is 0 Å². The Hall–Kier alpha value is -0.770. The number of hydrogen-bond acceptors (Lipinski definition) is 2. The van der Waals surface area contributed by atoms with Gasteiger partial charge in [0, 0.05) is 21.6 Å². The summed E-state index contributed by atoms with van der Waals surface area (Å²) in [5.41, 5.74) is 0.852. The summed E-state index contributed by atoms with van der Waals surface area (Å²) < 4.78 is 1.60. The van der Waals surface area contributed by atoms with Gasteiger partial charge in [-0.15, -0.1) is 0 Å². The lowest BCUT2D eigenvalue weighted by Crippen LogP contribution is -2.12. The molecular formula is C10H7Cl2NOS. The maximum atomic E-state index is 11.3. The average molecular weight is 260 g/mol. The molecule has 0 atom stereocenters. The largest absolute Gasteiger partial charge is 0.307 e. The summed E-state index contributed by atoms with van der Waals surface area (Å²) in [5.74, 6) is 0. The molecule has 0 aliphatic rings. The summed E-state index contributed by atoms with van der Waals surface area (Å²) in [7, 11) is 0. The molecule has 2 nitrogen and oxygen atoms in total. The van der Waals surface area contributed by atoms with Gasteiger partial charge in [0.25, 0.3) is 0 Å². The summed E-state index contributed by atoms with van der Waals surface area (Å²) in [6.07, 6.45) is 1.74. The van der Waals surface area contributed by atoms with Crippen molar-refractivity contribution < 1.29 is 0 Å². The van der Waals surface area contributed by atoms with Gasteiger partial charge in [-0.3, -0.25) is 4.79 Å². The number of rotatable bonds is 2. The van der Waals surface area contributed by atoms with Gasteiger partial charge in [0.05, 0.1) is 6.54 Å². The first-order valence-corrected chi connectivity index (χ1v) is 5.88. The molecule has 1 aromatic carbocycles. The highest BCUT2D eigenvalue weighted by Gasteiger charge is 2.04. The number of thiazole rings is 1. The number of nitrogens with zero attached hydrogens (tertiary/aromatic N) is 1. The third-order valence-corrected chi connectivity index (χ3v) is 3.29. The highest BCUT2D eigenvalue weighted by atomic mass is 35.5. The lowest BCUT2D eigenvalue weighted by atomic mass is 10.2. The Balaban J connectivity index is 2.36. The molecule has 0 N–H and O–H groups in total. The Kier molecular flexibility index (Phi) is 3.14. The van der Waals surface area contributed by atoms with Gasteiger partial charge in [-0.25, -0.2) is 0 Å². The van der Waals surface area contributed by atoms with Crippen LogP contribution in [0.15, 0.2) is 34.6 Å². The molecule has 15 heavy (non-hydrogen) atoms. The van der Waals surface area contributed by atoms with E-state index in [1.807, 2.05) is 0 Å². The third kappa shape index (κ3) is 2.43. The fraction of sp³-hybridized carbons (Fsp3) is 0.100. The van der Waals surface area contributed by atoms with Crippen LogP contribution in [0.5, 0.6) is 0 Å². The van der Waals surface area contributed by atoms with Crippen LogP contribution in [0.4, 0.5) is 0 Å².